The van der Waals surface area contributed by atoms with Crippen molar-refractivity contribution in [2.75, 3.05) is 0 Å². The van der Waals surface area contributed by atoms with Crippen molar-refractivity contribution in [1.82, 2.24) is 8.51 Å². The van der Waals surface area contributed by atoms with Gasteiger partial charge in [-0.3, -0.25) is 8.51 Å². The van der Waals surface area contributed by atoms with Crippen molar-refractivity contribution >= 4 is 22.9 Å². The van der Waals surface area contributed by atoms with Crippen LogP contribution < -0.4 is 3.53 Å². The van der Waals surface area contributed by atoms with E-state index in [0.29, 0.717) is 0 Å². The lowest BCUT2D eigenvalue weighted by Crippen LogP contribution is -1.99. The summed E-state index contributed by atoms with van der Waals surface area (Å²) in [6, 6.07) is 14.4. The molecule has 0 spiro atoms. The zero-order valence-electron chi connectivity index (χ0n) is 8.15. The topological polar surface area (TPSA) is 24.9 Å². The van der Waals surface area contributed by atoms with E-state index in [1.807, 2.05) is 30.5 Å². The molecule has 2 aromatic rings. The fourth-order valence-electron chi connectivity index (χ4n) is 1.40. The van der Waals surface area contributed by atoms with Gasteiger partial charge in [0.1, 0.15) is 0 Å². The van der Waals surface area contributed by atoms with Gasteiger partial charge in [-0.25, -0.2) is 0 Å². The zero-order chi connectivity index (χ0) is 10.5. The van der Waals surface area contributed by atoms with E-state index >= 15 is 0 Å². The van der Waals surface area contributed by atoms with Crippen LogP contribution in [0.15, 0.2) is 48.7 Å². The first kappa shape index (κ1) is 10.6. The molecule has 0 bridgehead atoms. The molecule has 0 radical (unpaired) electrons. The molecule has 0 atom stereocenters. The standard InChI is InChI=1S/C12H11IN2/c13-15-9-12-7-6-11(8-14-12)10-4-2-1-3-5-10/h1-8,15H,9H2. The van der Waals surface area contributed by atoms with E-state index in [4.69, 9.17) is 0 Å². The quantitative estimate of drug-likeness (QED) is 0.696. The Kier molecular flexibility index (Phi) is 3.69. The zero-order valence-corrected chi connectivity index (χ0v) is 10.3. The van der Waals surface area contributed by atoms with Gasteiger partial charge in [-0.15, -0.1) is 0 Å². The molecule has 1 heterocycles. The number of pyridine rings is 1. The van der Waals surface area contributed by atoms with Crippen LogP contribution in [0.5, 0.6) is 0 Å². The lowest BCUT2D eigenvalue weighted by molar-refractivity contribution is 0.950. The fraction of sp³-hybridized carbons (Fsp3) is 0.0833. The molecule has 1 aromatic carbocycles. The number of aromatic nitrogens is 1. The average molecular weight is 310 g/mol. The molecule has 2 rings (SSSR count). The highest BCUT2D eigenvalue weighted by Crippen LogP contribution is 2.17. The van der Waals surface area contributed by atoms with Crippen molar-refractivity contribution in [3.05, 3.63) is 54.4 Å². The average Bonchev–Trinajstić information content (AvgIpc) is 2.32. The molecule has 0 aliphatic rings. The van der Waals surface area contributed by atoms with Gasteiger partial charge in [0.2, 0.25) is 0 Å². The van der Waals surface area contributed by atoms with Crippen molar-refractivity contribution in [1.29, 1.82) is 0 Å². The van der Waals surface area contributed by atoms with Crippen molar-refractivity contribution < 1.29 is 0 Å². The van der Waals surface area contributed by atoms with Crippen LogP contribution in [0.25, 0.3) is 11.1 Å². The lowest BCUT2D eigenvalue weighted by Gasteiger charge is -2.02. The maximum atomic E-state index is 4.38. The minimum absolute atomic E-state index is 0.801. The monoisotopic (exact) mass is 310 g/mol. The van der Waals surface area contributed by atoms with Crippen LogP contribution in [-0.4, -0.2) is 4.98 Å². The molecular weight excluding hydrogens is 299 g/mol. The maximum absolute atomic E-state index is 4.38. The van der Waals surface area contributed by atoms with Gasteiger partial charge in [-0.2, -0.15) is 0 Å². The summed E-state index contributed by atoms with van der Waals surface area (Å²) in [5, 5.41) is 0. The summed E-state index contributed by atoms with van der Waals surface area (Å²) in [6.45, 7) is 0.801. The van der Waals surface area contributed by atoms with Crippen molar-refractivity contribution in [2.24, 2.45) is 0 Å². The van der Waals surface area contributed by atoms with E-state index in [-0.39, 0.29) is 0 Å². The van der Waals surface area contributed by atoms with E-state index < -0.39 is 0 Å². The number of rotatable bonds is 3. The Morgan fingerprint density at radius 2 is 1.80 bits per heavy atom. The third-order valence-electron chi connectivity index (χ3n) is 2.18. The number of hydrogen-bond acceptors (Lipinski definition) is 2. The second-order valence-corrected chi connectivity index (χ2v) is 3.98. The molecule has 1 aromatic heterocycles. The van der Waals surface area contributed by atoms with Gasteiger partial charge < -0.3 is 0 Å². The van der Waals surface area contributed by atoms with E-state index in [2.05, 4.69) is 49.6 Å². The van der Waals surface area contributed by atoms with Gasteiger partial charge in [-0.05, 0) is 11.6 Å². The van der Waals surface area contributed by atoms with Crippen LogP contribution >= 0.6 is 22.9 Å². The summed E-state index contributed by atoms with van der Waals surface area (Å²) in [5.41, 5.74) is 3.43. The second kappa shape index (κ2) is 5.23. The number of hydrogen-bond donors (Lipinski definition) is 1. The van der Waals surface area contributed by atoms with Crippen molar-refractivity contribution in [3.63, 3.8) is 0 Å². The van der Waals surface area contributed by atoms with E-state index in [0.717, 1.165) is 17.8 Å². The summed E-state index contributed by atoms with van der Waals surface area (Å²) >= 11 is 2.12. The first-order valence-electron chi connectivity index (χ1n) is 4.74. The van der Waals surface area contributed by atoms with Gasteiger partial charge in [0.05, 0.1) is 5.69 Å². The number of nitrogens with one attached hydrogen (secondary N) is 1. The van der Waals surface area contributed by atoms with Gasteiger partial charge in [0, 0.05) is 41.2 Å². The Balaban J connectivity index is 2.24. The predicted octanol–water partition coefficient (Wildman–Crippen LogP) is 3.19. The van der Waals surface area contributed by atoms with Crippen LogP contribution in [0, 0.1) is 0 Å². The highest BCUT2D eigenvalue weighted by atomic mass is 127. The molecule has 3 heteroatoms. The van der Waals surface area contributed by atoms with Crippen LogP contribution in [-0.2, 0) is 6.54 Å². The third kappa shape index (κ3) is 2.76. The molecule has 0 amide bonds. The Morgan fingerprint density at radius 1 is 1.00 bits per heavy atom. The molecule has 0 saturated carbocycles. The van der Waals surface area contributed by atoms with Crippen molar-refractivity contribution in [3.8, 4) is 11.1 Å². The molecule has 2 nitrogen and oxygen atoms in total. The molecule has 0 saturated heterocycles. The number of nitrogens with zero attached hydrogens (tertiary/aromatic N) is 1. The summed E-state index contributed by atoms with van der Waals surface area (Å²) in [5.74, 6) is 0. The fourth-order valence-corrected chi connectivity index (χ4v) is 1.79. The highest BCUT2D eigenvalue weighted by molar-refractivity contribution is 14.1. The van der Waals surface area contributed by atoms with Gasteiger partial charge in [0.25, 0.3) is 0 Å². The lowest BCUT2D eigenvalue weighted by atomic mass is 10.1. The number of halogens is 1. The van der Waals surface area contributed by atoms with Crippen LogP contribution in [0.3, 0.4) is 0 Å². The second-order valence-electron chi connectivity index (χ2n) is 3.21. The van der Waals surface area contributed by atoms with E-state index in [9.17, 15) is 0 Å². The largest absolute Gasteiger partial charge is 0.259 e. The van der Waals surface area contributed by atoms with Crippen LogP contribution in [0.4, 0.5) is 0 Å². The van der Waals surface area contributed by atoms with E-state index in [1.54, 1.807) is 0 Å². The summed E-state index contributed by atoms with van der Waals surface area (Å²) in [7, 11) is 0. The maximum Gasteiger partial charge on any atom is 0.0550 e. The first-order valence-corrected chi connectivity index (χ1v) is 5.82. The molecule has 0 aliphatic carbocycles. The molecular formula is C12H11IN2. The van der Waals surface area contributed by atoms with Crippen LogP contribution in [0.2, 0.25) is 0 Å². The Morgan fingerprint density at radius 3 is 2.40 bits per heavy atom. The molecule has 0 fully saturated rings. The Bertz CT molecular complexity index is 411. The molecule has 76 valence electrons. The minimum Gasteiger partial charge on any atom is -0.259 e. The van der Waals surface area contributed by atoms with Gasteiger partial charge in [-0.1, -0.05) is 36.4 Å². The van der Waals surface area contributed by atoms with Crippen molar-refractivity contribution in [2.45, 2.75) is 6.54 Å². The highest BCUT2D eigenvalue weighted by Gasteiger charge is 1.97. The van der Waals surface area contributed by atoms with Crippen LogP contribution in [0.1, 0.15) is 5.69 Å². The smallest absolute Gasteiger partial charge is 0.0550 e. The predicted molar refractivity (Wildman–Crippen MR) is 70.5 cm³/mol. The molecule has 15 heavy (non-hydrogen) atoms. The Labute approximate surface area is 103 Å². The number of benzene rings is 1. The molecule has 1 N–H and O–H groups in total. The summed E-state index contributed by atoms with van der Waals surface area (Å²) < 4.78 is 3.05. The summed E-state index contributed by atoms with van der Waals surface area (Å²) in [6.07, 6.45) is 1.92. The molecule has 0 aliphatic heterocycles. The normalized spacial score (nSPS) is 10.2. The van der Waals surface area contributed by atoms with Gasteiger partial charge in [0.15, 0.2) is 0 Å². The van der Waals surface area contributed by atoms with Gasteiger partial charge >= 0.3 is 0 Å². The SMILES string of the molecule is INCc1ccc(-c2ccccc2)cn1. The first-order chi connectivity index (χ1) is 7.40. The third-order valence-corrected chi connectivity index (χ3v) is 2.56. The van der Waals surface area contributed by atoms with E-state index in [1.165, 1.54) is 5.56 Å². The Hall–Kier alpha value is -0.940. The minimum atomic E-state index is 0.801. The molecule has 0 unspecified atom stereocenters. The summed E-state index contributed by atoms with van der Waals surface area (Å²) in [4.78, 5) is 4.38.